The van der Waals surface area contributed by atoms with Gasteiger partial charge in [0.2, 0.25) is 0 Å². The summed E-state index contributed by atoms with van der Waals surface area (Å²) in [6, 6.07) is 20.2. The molecule has 0 spiro atoms. The minimum absolute atomic E-state index is 0.0274. The van der Waals surface area contributed by atoms with Crippen molar-refractivity contribution in [1.82, 2.24) is 14.5 Å². The number of ether oxygens (including phenoxy) is 1. The number of aromatic nitrogens is 3. The molecular formula is C29H32N6O. The van der Waals surface area contributed by atoms with Gasteiger partial charge >= 0.3 is 0 Å². The van der Waals surface area contributed by atoms with Gasteiger partial charge in [0.1, 0.15) is 18.2 Å². The first-order valence-electron chi connectivity index (χ1n) is 12.1. The topological polar surface area (TPSA) is 99.7 Å². The first-order valence-corrected chi connectivity index (χ1v) is 12.1. The van der Waals surface area contributed by atoms with Crippen LogP contribution in [0.5, 0.6) is 5.75 Å². The molecule has 7 heteroatoms. The summed E-state index contributed by atoms with van der Waals surface area (Å²) in [5, 5.41) is 20.5. The molecule has 7 nitrogen and oxygen atoms in total. The maximum Gasteiger partial charge on any atom is 0.173 e. The highest BCUT2D eigenvalue weighted by Gasteiger charge is 2.13. The smallest absolute Gasteiger partial charge is 0.173 e. The van der Waals surface area contributed by atoms with Crippen LogP contribution in [0.3, 0.4) is 0 Å². The zero-order chi connectivity index (χ0) is 25.5. The molecule has 4 aromatic rings. The van der Waals surface area contributed by atoms with Crippen LogP contribution >= 0.6 is 0 Å². The molecule has 2 aromatic carbocycles. The summed E-state index contributed by atoms with van der Waals surface area (Å²) in [6.45, 7) is 7.02. The van der Waals surface area contributed by atoms with Gasteiger partial charge in [0.15, 0.2) is 11.3 Å². The Hall–Kier alpha value is -4.26. The molecule has 3 N–H and O–H groups in total. The Kier molecular flexibility index (Phi) is 7.90. The Morgan fingerprint density at radius 3 is 2.47 bits per heavy atom. The normalized spacial score (nSPS) is 10.9. The number of aryl methyl sites for hydroxylation is 1. The molecule has 0 radical (unpaired) electrons. The van der Waals surface area contributed by atoms with E-state index in [0.717, 1.165) is 34.4 Å². The molecule has 0 saturated heterocycles. The highest BCUT2D eigenvalue weighted by Crippen LogP contribution is 2.18. The molecule has 36 heavy (non-hydrogen) atoms. The number of anilines is 1. The first kappa shape index (κ1) is 24.9. The van der Waals surface area contributed by atoms with Crippen LogP contribution in [0.2, 0.25) is 0 Å². The zero-order valence-electron chi connectivity index (χ0n) is 21.0. The molecule has 4 rings (SSSR count). The maximum absolute atomic E-state index is 8.67. The van der Waals surface area contributed by atoms with E-state index >= 15 is 0 Å². The number of rotatable bonds is 9. The van der Waals surface area contributed by atoms with E-state index in [4.69, 9.17) is 20.5 Å². The Morgan fingerprint density at radius 2 is 1.78 bits per heavy atom. The SMILES string of the molecule is Cc1cncc(-c2cn(C(=N)C(C)C)c(=N)c(NCCc3ccc(OCc4ccccc4)cc3)n2)c1. The second-order valence-electron chi connectivity index (χ2n) is 9.08. The highest BCUT2D eigenvalue weighted by atomic mass is 16.5. The van der Waals surface area contributed by atoms with Crippen LogP contribution in [0.1, 0.15) is 30.5 Å². The van der Waals surface area contributed by atoms with E-state index in [-0.39, 0.29) is 11.4 Å². The van der Waals surface area contributed by atoms with Crippen LogP contribution in [0.25, 0.3) is 11.3 Å². The van der Waals surface area contributed by atoms with Crippen LogP contribution in [-0.4, -0.2) is 26.9 Å². The van der Waals surface area contributed by atoms with Gasteiger partial charge in [0.25, 0.3) is 0 Å². The van der Waals surface area contributed by atoms with Gasteiger partial charge in [-0.1, -0.05) is 56.3 Å². The van der Waals surface area contributed by atoms with Crippen molar-refractivity contribution < 1.29 is 4.74 Å². The van der Waals surface area contributed by atoms with Crippen LogP contribution < -0.4 is 15.5 Å². The Balaban J connectivity index is 1.45. The summed E-state index contributed by atoms with van der Waals surface area (Å²) >= 11 is 0. The third-order valence-electron chi connectivity index (χ3n) is 5.80. The van der Waals surface area contributed by atoms with E-state index in [1.807, 2.05) is 69.3 Å². The van der Waals surface area contributed by atoms with Crippen LogP contribution in [-0.2, 0) is 13.0 Å². The van der Waals surface area contributed by atoms with Gasteiger partial charge in [-0.05, 0) is 48.2 Å². The molecule has 2 aromatic heterocycles. The predicted octanol–water partition coefficient (Wildman–Crippen LogP) is 5.45. The lowest BCUT2D eigenvalue weighted by atomic mass is 10.1. The lowest BCUT2D eigenvalue weighted by Gasteiger charge is -2.16. The molecule has 0 amide bonds. The maximum atomic E-state index is 8.67. The molecule has 0 unspecified atom stereocenters. The Labute approximate surface area is 211 Å². The number of nitrogens with zero attached hydrogens (tertiary/aromatic N) is 3. The van der Waals surface area contributed by atoms with Crippen LogP contribution in [0.4, 0.5) is 5.82 Å². The van der Waals surface area contributed by atoms with Gasteiger partial charge in [-0.2, -0.15) is 0 Å². The second-order valence-corrected chi connectivity index (χ2v) is 9.08. The summed E-state index contributed by atoms with van der Waals surface area (Å²) in [5.41, 5.74) is 5.02. The van der Waals surface area contributed by atoms with Crippen LogP contribution in [0, 0.1) is 23.7 Å². The number of pyridine rings is 1. The molecule has 0 aliphatic carbocycles. The average Bonchev–Trinajstić information content (AvgIpc) is 2.89. The quantitative estimate of drug-likeness (QED) is 0.219. The standard InChI is InChI=1S/C29H32N6O/c1-20(2)27(30)35-18-26(24-15-21(3)16-32-17-24)34-29(28(35)31)33-14-13-22-9-11-25(12-10-22)36-19-23-7-5-4-6-8-23/h4-12,15-18,20,30-31H,13-14,19H2,1-3H3,(H,33,34). The number of hydrogen-bond acceptors (Lipinski definition) is 6. The lowest BCUT2D eigenvalue weighted by molar-refractivity contribution is 0.306. The van der Waals surface area contributed by atoms with E-state index in [1.165, 1.54) is 0 Å². The lowest BCUT2D eigenvalue weighted by Crippen LogP contribution is -2.33. The van der Waals surface area contributed by atoms with Gasteiger partial charge in [-0.3, -0.25) is 20.4 Å². The molecule has 0 atom stereocenters. The molecule has 2 heterocycles. The Bertz CT molecular complexity index is 1380. The average molecular weight is 481 g/mol. The van der Waals surface area contributed by atoms with Crippen molar-refractivity contribution in [1.29, 1.82) is 10.8 Å². The van der Waals surface area contributed by atoms with Crippen molar-refractivity contribution in [2.24, 2.45) is 5.92 Å². The van der Waals surface area contributed by atoms with Gasteiger partial charge < -0.3 is 10.1 Å². The van der Waals surface area contributed by atoms with Gasteiger partial charge in [0.05, 0.1) is 5.69 Å². The van der Waals surface area contributed by atoms with Gasteiger partial charge in [-0.15, -0.1) is 0 Å². The molecule has 184 valence electrons. The number of nitrogens with one attached hydrogen (secondary N) is 3. The monoisotopic (exact) mass is 480 g/mol. The second kappa shape index (κ2) is 11.4. The number of hydrogen-bond donors (Lipinski definition) is 3. The van der Waals surface area contributed by atoms with Crippen molar-refractivity contribution in [3.05, 3.63) is 101 Å². The summed E-state index contributed by atoms with van der Waals surface area (Å²) in [7, 11) is 0. The molecular weight excluding hydrogens is 448 g/mol. The third kappa shape index (κ3) is 6.24. The molecule has 0 fully saturated rings. The largest absolute Gasteiger partial charge is 0.489 e. The first-order chi connectivity index (χ1) is 17.4. The predicted molar refractivity (Wildman–Crippen MR) is 143 cm³/mol. The highest BCUT2D eigenvalue weighted by molar-refractivity contribution is 5.84. The van der Waals surface area contributed by atoms with E-state index in [1.54, 1.807) is 23.2 Å². The van der Waals surface area contributed by atoms with E-state index in [0.29, 0.717) is 30.5 Å². The summed E-state index contributed by atoms with van der Waals surface area (Å²) in [6.07, 6.45) is 6.07. The van der Waals surface area contributed by atoms with Crippen LogP contribution in [0.15, 0.2) is 79.3 Å². The van der Waals surface area contributed by atoms with Crippen molar-refractivity contribution in [2.75, 3.05) is 11.9 Å². The minimum Gasteiger partial charge on any atom is -0.489 e. The summed E-state index contributed by atoms with van der Waals surface area (Å²) < 4.78 is 7.47. The molecule has 0 saturated carbocycles. The molecule has 0 aliphatic heterocycles. The molecule has 0 bridgehead atoms. The fourth-order valence-corrected chi connectivity index (χ4v) is 3.75. The van der Waals surface area contributed by atoms with Crippen molar-refractivity contribution >= 4 is 11.7 Å². The zero-order valence-corrected chi connectivity index (χ0v) is 21.0. The summed E-state index contributed by atoms with van der Waals surface area (Å²) in [4.78, 5) is 8.99. The third-order valence-corrected chi connectivity index (χ3v) is 5.80. The van der Waals surface area contributed by atoms with E-state index < -0.39 is 0 Å². The van der Waals surface area contributed by atoms with Gasteiger partial charge in [-0.25, -0.2) is 4.98 Å². The number of benzene rings is 2. The van der Waals surface area contributed by atoms with Crippen molar-refractivity contribution in [3.8, 4) is 17.0 Å². The van der Waals surface area contributed by atoms with E-state index in [2.05, 4.69) is 22.4 Å². The van der Waals surface area contributed by atoms with Gasteiger partial charge in [0, 0.05) is 36.6 Å². The molecule has 0 aliphatic rings. The minimum atomic E-state index is -0.0274. The van der Waals surface area contributed by atoms with E-state index in [9.17, 15) is 0 Å². The fourth-order valence-electron chi connectivity index (χ4n) is 3.75. The fraction of sp³-hybridized carbons (Fsp3) is 0.241. The van der Waals surface area contributed by atoms with Crippen molar-refractivity contribution in [3.63, 3.8) is 0 Å². The van der Waals surface area contributed by atoms with Crippen molar-refractivity contribution in [2.45, 2.75) is 33.8 Å². The summed E-state index contributed by atoms with van der Waals surface area (Å²) in [5.74, 6) is 1.60. The Morgan fingerprint density at radius 1 is 1.03 bits per heavy atom.